The van der Waals surface area contributed by atoms with Crippen LogP contribution in [0.3, 0.4) is 0 Å². The van der Waals surface area contributed by atoms with Gasteiger partial charge in [-0.15, -0.1) is 0 Å². The van der Waals surface area contributed by atoms with Gasteiger partial charge in [-0.25, -0.2) is 0 Å². The molecular weight excluding hydrogens is 601 g/mol. The van der Waals surface area contributed by atoms with Crippen LogP contribution in [0.15, 0.2) is 158 Å². The first-order valence-electron chi connectivity index (χ1n) is 17.9. The molecular formula is C50H38. The molecule has 50 heavy (non-hydrogen) atoms. The predicted octanol–water partition coefficient (Wildman–Crippen LogP) is 13.6. The highest BCUT2D eigenvalue weighted by Gasteiger charge is 2.45. The minimum absolute atomic E-state index is 0.0994. The molecule has 0 aromatic heterocycles. The van der Waals surface area contributed by atoms with Gasteiger partial charge in [0.25, 0.3) is 0 Å². The van der Waals surface area contributed by atoms with E-state index in [0.29, 0.717) is 0 Å². The Hall–Kier alpha value is -5.72. The maximum atomic E-state index is 2.54. The summed E-state index contributed by atoms with van der Waals surface area (Å²) in [7, 11) is 0. The Labute approximate surface area is 294 Å². The molecule has 2 aliphatic carbocycles. The molecule has 8 aromatic rings. The Morgan fingerprint density at radius 2 is 0.760 bits per heavy atom. The van der Waals surface area contributed by atoms with Crippen LogP contribution < -0.4 is 0 Å². The van der Waals surface area contributed by atoms with Gasteiger partial charge in [0.1, 0.15) is 0 Å². The fourth-order valence-electron chi connectivity index (χ4n) is 9.56. The quantitative estimate of drug-likeness (QED) is 0.169. The van der Waals surface area contributed by atoms with Crippen molar-refractivity contribution >= 4 is 21.5 Å². The zero-order chi connectivity index (χ0) is 33.8. The second-order valence-corrected chi connectivity index (χ2v) is 15.2. The van der Waals surface area contributed by atoms with Gasteiger partial charge in [-0.05, 0) is 112 Å². The van der Waals surface area contributed by atoms with Crippen molar-refractivity contribution < 1.29 is 0 Å². The maximum Gasteiger partial charge on any atom is 0.0165 e. The first-order valence-corrected chi connectivity index (χ1v) is 17.9. The van der Waals surface area contributed by atoms with E-state index in [9.17, 15) is 0 Å². The number of hydrogen-bond donors (Lipinski definition) is 0. The number of fused-ring (bicyclic) bond motifs is 9. The Morgan fingerprint density at radius 3 is 1.38 bits per heavy atom. The van der Waals surface area contributed by atoms with Crippen molar-refractivity contribution in [3.05, 3.63) is 180 Å². The molecule has 0 nitrogen and oxygen atoms in total. The second-order valence-electron chi connectivity index (χ2n) is 15.2. The van der Waals surface area contributed by atoms with Gasteiger partial charge in [-0.2, -0.15) is 0 Å². The highest BCUT2D eigenvalue weighted by atomic mass is 14.5. The molecule has 2 aliphatic rings. The Kier molecular flexibility index (Phi) is 6.07. The molecule has 0 atom stereocenters. The molecule has 0 heteroatoms. The zero-order valence-electron chi connectivity index (χ0n) is 29.0. The molecule has 0 aliphatic heterocycles. The van der Waals surface area contributed by atoms with E-state index in [4.69, 9.17) is 0 Å². The molecule has 0 bridgehead atoms. The van der Waals surface area contributed by atoms with Crippen LogP contribution in [0.1, 0.15) is 49.9 Å². The van der Waals surface area contributed by atoms with E-state index in [1.807, 2.05) is 0 Å². The molecule has 0 unspecified atom stereocenters. The van der Waals surface area contributed by atoms with E-state index in [0.717, 1.165) is 0 Å². The average molecular weight is 639 g/mol. The van der Waals surface area contributed by atoms with Crippen LogP contribution in [0.2, 0.25) is 0 Å². The largest absolute Gasteiger partial charge is 0.0622 e. The third-order valence-electron chi connectivity index (χ3n) is 11.8. The first kappa shape index (κ1) is 29.2. The fourth-order valence-corrected chi connectivity index (χ4v) is 9.56. The van der Waals surface area contributed by atoms with E-state index >= 15 is 0 Å². The lowest BCUT2D eigenvalue weighted by Crippen LogP contribution is -2.18. The average Bonchev–Trinajstić information content (AvgIpc) is 3.53. The van der Waals surface area contributed by atoms with Crippen LogP contribution in [0.5, 0.6) is 0 Å². The fraction of sp³-hybridized carbons (Fsp3) is 0.120. The number of hydrogen-bond acceptors (Lipinski definition) is 0. The van der Waals surface area contributed by atoms with Crippen molar-refractivity contribution in [2.75, 3.05) is 0 Å². The molecule has 8 aromatic carbocycles. The maximum absolute atomic E-state index is 2.54. The predicted molar refractivity (Wildman–Crippen MR) is 213 cm³/mol. The van der Waals surface area contributed by atoms with E-state index in [1.165, 1.54) is 99.4 Å². The van der Waals surface area contributed by atoms with Crippen molar-refractivity contribution in [1.82, 2.24) is 0 Å². The smallest absolute Gasteiger partial charge is 0.0165 e. The summed E-state index contributed by atoms with van der Waals surface area (Å²) in [5.41, 5.74) is 18.8. The van der Waals surface area contributed by atoms with Gasteiger partial charge in [0.2, 0.25) is 0 Å². The van der Waals surface area contributed by atoms with Gasteiger partial charge in [0.05, 0.1) is 0 Å². The summed E-state index contributed by atoms with van der Waals surface area (Å²) in [6, 6.07) is 58.9. The molecule has 0 heterocycles. The van der Waals surface area contributed by atoms with Crippen LogP contribution >= 0.6 is 0 Å². The number of benzene rings is 8. The monoisotopic (exact) mass is 638 g/mol. The highest BCUT2D eigenvalue weighted by molar-refractivity contribution is 6.21. The van der Waals surface area contributed by atoms with Gasteiger partial charge < -0.3 is 0 Å². The van der Waals surface area contributed by atoms with Gasteiger partial charge >= 0.3 is 0 Å². The summed E-state index contributed by atoms with van der Waals surface area (Å²) in [6.07, 6.45) is 0. The van der Waals surface area contributed by atoms with Crippen LogP contribution in [0.25, 0.3) is 77.2 Å². The molecule has 10 rings (SSSR count). The third-order valence-corrected chi connectivity index (χ3v) is 11.8. The zero-order valence-corrected chi connectivity index (χ0v) is 29.0. The molecule has 238 valence electrons. The van der Waals surface area contributed by atoms with Crippen molar-refractivity contribution in [3.63, 3.8) is 0 Å². The van der Waals surface area contributed by atoms with E-state index in [2.05, 4.69) is 185 Å². The molecule has 0 N–H and O–H groups in total. The summed E-state index contributed by atoms with van der Waals surface area (Å²) in [5.74, 6) is 0. The lowest BCUT2D eigenvalue weighted by Gasteiger charge is -2.27. The third kappa shape index (κ3) is 3.88. The SMILES string of the molecule is CC1(C)c2ccccc2-c2c1cc(-c1cccc(-c3c4ccccc4c(-c4ccccc4)c4ccccc34)c1)c1c2C(C)(C)c2ccccc2-1. The standard InChI is InChI=1S/C50H38/c1-49(2)41-27-14-13-26-39(41)47-43(49)30-40(46-38-25-12-15-28-42(38)50(3,4)48(46)47)32-19-16-20-33(29-32)45-36-23-10-8-21-34(36)44(31-17-6-5-7-18-31)35-22-9-11-24-37(35)45/h5-30H,1-4H3. The molecule has 0 radical (unpaired) electrons. The normalized spacial score (nSPS) is 14.7. The van der Waals surface area contributed by atoms with Crippen molar-refractivity contribution in [2.24, 2.45) is 0 Å². The first-order chi connectivity index (χ1) is 24.4. The lowest BCUT2D eigenvalue weighted by atomic mass is 9.75. The van der Waals surface area contributed by atoms with Gasteiger partial charge in [-0.3, -0.25) is 0 Å². The summed E-state index contributed by atoms with van der Waals surface area (Å²) in [4.78, 5) is 0. The van der Waals surface area contributed by atoms with Crippen molar-refractivity contribution in [3.8, 4) is 55.6 Å². The van der Waals surface area contributed by atoms with Crippen molar-refractivity contribution in [1.29, 1.82) is 0 Å². The second kappa shape index (κ2) is 10.4. The molecule has 0 fully saturated rings. The minimum Gasteiger partial charge on any atom is -0.0622 e. The topological polar surface area (TPSA) is 0 Å². The van der Waals surface area contributed by atoms with Gasteiger partial charge in [-0.1, -0.05) is 173 Å². The van der Waals surface area contributed by atoms with E-state index < -0.39 is 0 Å². The summed E-state index contributed by atoms with van der Waals surface area (Å²) >= 11 is 0. The van der Waals surface area contributed by atoms with E-state index in [1.54, 1.807) is 0 Å². The van der Waals surface area contributed by atoms with Gasteiger partial charge in [0, 0.05) is 10.8 Å². The Morgan fingerprint density at radius 1 is 0.300 bits per heavy atom. The molecule has 0 amide bonds. The van der Waals surface area contributed by atoms with E-state index in [-0.39, 0.29) is 10.8 Å². The van der Waals surface area contributed by atoms with Crippen LogP contribution in [0.4, 0.5) is 0 Å². The van der Waals surface area contributed by atoms with Crippen molar-refractivity contribution in [2.45, 2.75) is 38.5 Å². The minimum atomic E-state index is -0.128. The Bertz CT molecular complexity index is 2630. The molecule has 0 saturated carbocycles. The lowest BCUT2D eigenvalue weighted by molar-refractivity contribution is 0.648. The molecule has 0 saturated heterocycles. The Balaban J connectivity index is 1.28. The summed E-state index contributed by atoms with van der Waals surface area (Å²) < 4.78 is 0. The highest BCUT2D eigenvalue weighted by Crippen LogP contribution is 2.61. The summed E-state index contributed by atoms with van der Waals surface area (Å²) in [5, 5.41) is 5.13. The van der Waals surface area contributed by atoms with Crippen LogP contribution in [-0.4, -0.2) is 0 Å². The van der Waals surface area contributed by atoms with Gasteiger partial charge in [0.15, 0.2) is 0 Å². The molecule has 0 spiro atoms. The summed E-state index contributed by atoms with van der Waals surface area (Å²) in [6.45, 7) is 9.68. The van der Waals surface area contributed by atoms with Crippen LogP contribution in [0, 0.1) is 0 Å². The number of rotatable bonds is 3. The van der Waals surface area contributed by atoms with Crippen LogP contribution in [-0.2, 0) is 10.8 Å².